The highest BCUT2D eigenvalue weighted by atomic mass is 16.2. The molecule has 0 unspecified atom stereocenters. The zero-order chi connectivity index (χ0) is 38.3. The lowest BCUT2D eigenvalue weighted by Crippen LogP contribution is -2.35. The summed E-state index contributed by atoms with van der Waals surface area (Å²) >= 11 is 0. The van der Waals surface area contributed by atoms with Crippen LogP contribution in [-0.2, 0) is 0 Å². The molecule has 4 aromatic rings. The van der Waals surface area contributed by atoms with Crippen molar-refractivity contribution in [3.63, 3.8) is 0 Å². The molecule has 0 saturated heterocycles. The first-order valence-corrected chi connectivity index (χ1v) is 17.9. The van der Waals surface area contributed by atoms with Gasteiger partial charge in [0.25, 0.3) is 23.6 Å². The average Bonchev–Trinajstić information content (AvgIpc) is 3.83. The molecule has 1 aliphatic heterocycles. The number of rotatable bonds is 4. The molecule has 0 spiro atoms. The average molecular weight is 717 g/mol. The van der Waals surface area contributed by atoms with E-state index in [1.54, 1.807) is 27.7 Å². The molecule has 5 rings (SSSR count). The normalized spacial score (nSPS) is 20.6. The number of aromatic nitrogens is 8. The summed E-state index contributed by atoms with van der Waals surface area (Å²) in [6, 6.07) is -2.33. The minimum atomic E-state index is -0.584. The number of carbonyl (C=O) groups excluding carboxylic acids is 4. The van der Waals surface area contributed by atoms with Crippen molar-refractivity contribution in [2.24, 2.45) is 23.7 Å². The molecule has 0 fully saturated rings. The highest BCUT2D eigenvalue weighted by Gasteiger charge is 2.33. The molecule has 4 atom stereocenters. The molecular formula is C36H52N12O4. The second-order valence-corrected chi connectivity index (χ2v) is 15.2. The number of imidazole rings is 4. The maximum Gasteiger partial charge on any atom is 0.272 e. The molecule has 0 aliphatic carbocycles. The number of fused-ring (bicyclic) bond motifs is 8. The van der Waals surface area contributed by atoms with Gasteiger partial charge in [0.1, 0.15) is 46.1 Å². The summed E-state index contributed by atoms with van der Waals surface area (Å²) in [7, 11) is 0. The molecule has 52 heavy (non-hydrogen) atoms. The summed E-state index contributed by atoms with van der Waals surface area (Å²) in [5.41, 5.74) is 2.83. The first-order valence-electron chi connectivity index (χ1n) is 17.9. The molecule has 5 heterocycles. The molecule has 16 heteroatoms. The first kappa shape index (κ1) is 38.0. The van der Waals surface area contributed by atoms with Crippen molar-refractivity contribution in [3.05, 3.63) is 68.8 Å². The van der Waals surface area contributed by atoms with E-state index in [1.165, 1.54) is 0 Å². The van der Waals surface area contributed by atoms with Gasteiger partial charge in [0.05, 0.1) is 24.2 Å². The SMILES string of the molecule is Cc1[nH]c2nc1C(=O)N[C@@H](C(C)C)c1nc(c(C)[nH]1)C(=O)N[C@@H](C(C)C)c1nc(c(C)[nH]1)C(=O)N[C@@H](C(C)C)c1nc(c(C)[nH]1)C(=O)N[C@H]2C(C)C. The van der Waals surface area contributed by atoms with Crippen molar-refractivity contribution >= 4 is 23.6 Å². The number of hydrogen-bond acceptors (Lipinski definition) is 8. The number of hydrogen-bond donors (Lipinski definition) is 8. The van der Waals surface area contributed by atoms with E-state index < -0.39 is 47.8 Å². The van der Waals surface area contributed by atoms with Gasteiger partial charge in [-0.3, -0.25) is 19.2 Å². The maximum absolute atomic E-state index is 13.8. The fourth-order valence-electron chi connectivity index (χ4n) is 6.45. The largest absolute Gasteiger partial charge is 0.344 e. The number of H-pyrrole nitrogens is 4. The van der Waals surface area contributed by atoms with E-state index in [4.69, 9.17) is 0 Å². The third-order valence-corrected chi connectivity index (χ3v) is 9.46. The Hall–Kier alpha value is -5.28. The summed E-state index contributed by atoms with van der Waals surface area (Å²) in [6.07, 6.45) is 0. The standard InChI is InChI=1S/C36H52N12O4/c1-13(2)21-29-37-17(9)26(41-29)34(50)46-23(15(5)6)31-39-19(11)28(43-31)36(52)48-24(16(7)8)32-40-20(12)27(44-32)35(51)47-22(14(3)4)30-38-18(10)25(42-30)33(49)45-21/h13-16,21-24H,1-12H3,(H,37,41)(H,38,42)(H,39,43)(H,40,44)(H,45,49)(H,46,50)(H,47,51)(H,48,52)/t21-,22-,23-,24-/m0/s1. The van der Waals surface area contributed by atoms with Crippen LogP contribution in [-0.4, -0.2) is 63.5 Å². The van der Waals surface area contributed by atoms with Crippen molar-refractivity contribution < 1.29 is 19.2 Å². The van der Waals surface area contributed by atoms with Gasteiger partial charge < -0.3 is 41.2 Å². The quantitative estimate of drug-likeness (QED) is 0.148. The predicted molar refractivity (Wildman–Crippen MR) is 193 cm³/mol. The van der Waals surface area contributed by atoms with Crippen molar-refractivity contribution in [3.8, 4) is 0 Å². The Morgan fingerprint density at radius 2 is 0.538 bits per heavy atom. The van der Waals surface area contributed by atoms with Crippen LogP contribution in [0.4, 0.5) is 0 Å². The lowest BCUT2D eigenvalue weighted by Gasteiger charge is -2.21. The molecular weight excluding hydrogens is 664 g/mol. The van der Waals surface area contributed by atoms with Gasteiger partial charge in [-0.1, -0.05) is 55.4 Å². The highest BCUT2D eigenvalue weighted by molar-refractivity contribution is 5.96. The van der Waals surface area contributed by atoms with E-state index in [0.29, 0.717) is 46.1 Å². The van der Waals surface area contributed by atoms with Crippen molar-refractivity contribution in [2.45, 2.75) is 107 Å². The van der Waals surface area contributed by atoms with Gasteiger partial charge in [-0.2, -0.15) is 0 Å². The van der Waals surface area contributed by atoms with Crippen LogP contribution in [0.25, 0.3) is 0 Å². The Morgan fingerprint density at radius 1 is 0.365 bits per heavy atom. The van der Waals surface area contributed by atoms with E-state index in [-0.39, 0.29) is 46.4 Å². The van der Waals surface area contributed by atoms with Crippen LogP contribution in [0.5, 0.6) is 0 Å². The number of aryl methyl sites for hydroxylation is 4. The molecule has 0 aromatic carbocycles. The smallest absolute Gasteiger partial charge is 0.272 e. The van der Waals surface area contributed by atoms with Crippen molar-refractivity contribution in [1.29, 1.82) is 0 Å². The summed E-state index contributed by atoms with van der Waals surface area (Å²) in [5.74, 6) is -0.479. The van der Waals surface area contributed by atoms with Gasteiger partial charge >= 0.3 is 0 Å². The predicted octanol–water partition coefficient (Wildman–Crippen LogP) is 4.63. The lowest BCUT2D eigenvalue weighted by atomic mass is 10.0. The van der Waals surface area contributed by atoms with Gasteiger partial charge in [-0.15, -0.1) is 0 Å². The third-order valence-electron chi connectivity index (χ3n) is 9.46. The fraction of sp³-hybridized carbons (Fsp3) is 0.556. The van der Waals surface area contributed by atoms with Crippen LogP contribution < -0.4 is 21.3 Å². The van der Waals surface area contributed by atoms with Gasteiger partial charge in [-0.25, -0.2) is 19.9 Å². The summed E-state index contributed by atoms with van der Waals surface area (Å²) in [4.78, 5) is 86.6. The van der Waals surface area contributed by atoms with Gasteiger partial charge in [0.2, 0.25) is 0 Å². The zero-order valence-corrected chi connectivity index (χ0v) is 32.0. The number of carbonyl (C=O) groups is 4. The number of amides is 4. The molecule has 8 N–H and O–H groups in total. The Morgan fingerprint density at radius 3 is 0.692 bits per heavy atom. The van der Waals surface area contributed by atoms with Gasteiger partial charge in [-0.05, 0) is 51.4 Å². The monoisotopic (exact) mass is 716 g/mol. The van der Waals surface area contributed by atoms with Crippen LogP contribution in [0.1, 0.15) is 168 Å². The molecule has 16 nitrogen and oxygen atoms in total. The molecule has 0 radical (unpaired) electrons. The Labute approximate surface area is 303 Å². The van der Waals surface area contributed by atoms with Crippen LogP contribution >= 0.6 is 0 Å². The fourth-order valence-corrected chi connectivity index (χ4v) is 6.45. The van der Waals surface area contributed by atoms with E-state index in [1.807, 2.05) is 55.4 Å². The molecule has 1 aliphatic rings. The maximum atomic E-state index is 13.8. The first-order chi connectivity index (χ1) is 24.4. The van der Waals surface area contributed by atoms with E-state index in [0.717, 1.165) is 0 Å². The van der Waals surface area contributed by atoms with Gasteiger partial charge in [0.15, 0.2) is 0 Å². The van der Waals surface area contributed by atoms with Crippen LogP contribution in [0.15, 0.2) is 0 Å². The molecule has 8 bridgehead atoms. The Bertz CT molecular complexity index is 1700. The van der Waals surface area contributed by atoms with Crippen LogP contribution in [0.2, 0.25) is 0 Å². The second kappa shape index (κ2) is 14.8. The summed E-state index contributed by atoms with van der Waals surface area (Å²) in [5, 5.41) is 12.2. The van der Waals surface area contributed by atoms with Crippen molar-refractivity contribution in [2.75, 3.05) is 0 Å². The third kappa shape index (κ3) is 7.51. The van der Waals surface area contributed by atoms with E-state index >= 15 is 0 Å². The Balaban J connectivity index is 1.62. The number of nitrogens with zero attached hydrogens (tertiary/aromatic N) is 4. The lowest BCUT2D eigenvalue weighted by molar-refractivity contribution is 0.0910. The zero-order valence-electron chi connectivity index (χ0n) is 32.0. The van der Waals surface area contributed by atoms with Gasteiger partial charge in [0, 0.05) is 22.8 Å². The molecule has 280 valence electrons. The second-order valence-electron chi connectivity index (χ2n) is 15.2. The highest BCUT2D eigenvalue weighted by Crippen LogP contribution is 2.27. The molecule has 4 aromatic heterocycles. The van der Waals surface area contributed by atoms with E-state index in [9.17, 15) is 19.2 Å². The molecule has 4 amide bonds. The summed E-state index contributed by atoms with van der Waals surface area (Å²) < 4.78 is 0. The van der Waals surface area contributed by atoms with Crippen LogP contribution in [0, 0.1) is 51.4 Å². The van der Waals surface area contributed by atoms with E-state index in [2.05, 4.69) is 61.1 Å². The minimum Gasteiger partial charge on any atom is -0.344 e. The van der Waals surface area contributed by atoms with Crippen molar-refractivity contribution in [1.82, 2.24) is 61.1 Å². The topological polar surface area (TPSA) is 231 Å². The number of nitrogens with one attached hydrogen (secondary N) is 8. The summed E-state index contributed by atoms with van der Waals surface area (Å²) in [6.45, 7) is 22.5. The minimum absolute atomic E-state index is 0.110. The number of aromatic amines is 4. The van der Waals surface area contributed by atoms with Crippen LogP contribution in [0.3, 0.4) is 0 Å². The molecule has 0 saturated carbocycles. The Kier molecular flexibility index (Phi) is 10.8.